The lowest BCUT2D eigenvalue weighted by Crippen LogP contribution is -2.29. The molecule has 0 rings (SSSR count). The number of hydrogen-bond donors (Lipinski definition) is 1. The van der Waals surface area contributed by atoms with Gasteiger partial charge in [-0.1, -0.05) is 0 Å². The van der Waals surface area contributed by atoms with Gasteiger partial charge in [-0.15, -0.1) is 0 Å². The van der Waals surface area contributed by atoms with Crippen molar-refractivity contribution in [1.29, 1.82) is 0 Å². The van der Waals surface area contributed by atoms with Gasteiger partial charge in [-0.3, -0.25) is 9.59 Å². The Balaban J connectivity index is 4.48. The van der Waals surface area contributed by atoms with Gasteiger partial charge in [-0.2, -0.15) is 0 Å². The Morgan fingerprint density at radius 1 is 1.06 bits per heavy atom. The van der Waals surface area contributed by atoms with Crippen LogP contribution in [0.1, 0.15) is 20.3 Å². The molecule has 94 valence electrons. The molecule has 0 aromatic heterocycles. The van der Waals surface area contributed by atoms with Gasteiger partial charge < -0.3 is 9.47 Å². The number of esters is 2. The predicted octanol–water partition coefficient (Wildman–Crippen LogP) is -0.270. The van der Waals surface area contributed by atoms with Crippen LogP contribution in [0, 0.1) is 5.92 Å². The van der Waals surface area contributed by atoms with Crippen LogP contribution in [0.3, 0.4) is 0 Å². The highest BCUT2D eigenvalue weighted by Crippen LogP contribution is 2.09. The van der Waals surface area contributed by atoms with Crippen LogP contribution in [0.2, 0.25) is 0 Å². The first-order chi connectivity index (χ1) is 7.52. The van der Waals surface area contributed by atoms with E-state index in [0.29, 0.717) is 0 Å². The van der Waals surface area contributed by atoms with E-state index in [2.05, 4.69) is 9.47 Å². The number of carbonyl (C=O) groups is 2. The van der Waals surface area contributed by atoms with Crippen LogP contribution >= 0.6 is 0 Å². The van der Waals surface area contributed by atoms with E-state index < -0.39 is 28.6 Å². The fourth-order valence-electron chi connectivity index (χ4n) is 1.05. The zero-order valence-electron chi connectivity index (χ0n) is 9.30. The van der Waals surface area contributed by atoms with Crippen LogP contribution in [-0.2, 0) is 29.8 Å². The van der Waals surface area contributed by atoms with Crippen molar-refractivity contribution in [3.05, 3.63) is 0 Å². The molecule has 0 radical (unpaired) electrons. The number of hydrogen-bond acceptors (Lipinski definition) is 6. The van der Waals surface area contributed by atoms with Crippen molar-refractivity contribution in [1.82, 2.24) is 0 Å². The molecule has 0 spiro atoms. The minimum Gasteiger partial charge on any atom is -0.465 e. The average Bonchev–Trinajstić information content (AvgIpc) is 2.18. The van der Waals surface area contributed by atoms with E-state index in [1.807, 2.05) is 0 Å². The van der Waals surface area contributed by atoms with E-state index in [9.17, 15) is 18.0 Å². The Morgan fingerprint density at radius 3 is 1.81 bits per heavy atom. The Morgan fingerprint density at radius 2 is 1.50 bits per heavy atom. The molecule has 16 heavy (non-hydrogen) atoms. The number of ether oxygens (including phenoxy) is 2. The molecule has 0 aliphatic carbocycles. The maximum atomic E-state index is 11.4. The molecule has 0 aromatic rings. The molecule has 0 saturated heterocycles. The highest BCUT2D eigenvalue weighted by Gasteiger charge is 2.29. The van der Waals surface area contributed by atoms with Gasteiger partial charge in [0.25, 0.3) is 0 Å². The highest BCUT2D eigenvalue weighted by atomic mass is 32.2. The fourth-order valence-corrected chi connectivity index (χ4v) is 1.52. The van der Waals surface area contributed by atoms with Gasteiger partial charge in [-0.25, -0.2) is 8.42 Å². The average molecular weight is 252 g/mol. The summed E-state index contributed by atoms with van der Waals surface area (Å²) in [6.07, 6.45) is -0.101. The van der Waals surface area contributed by atoms with Crippen LogP contribution in [0.25, 0.3) is 0 Å². The van der Waals surface area contributed by atoms with Gasteiger partial charge in [0, 0.05) is 5.75 Å². The van der Waals surface area contributed by atoms with Gasteiger partial charge in [0.2, 0.25) is 0 Å². The molecule has 0 bridgehead atoms. The molecule has 0 amide bonds. The summed E-state index contributed by atoms with van der Waals surface area (Å²) in [6.45, 7) is 3.49. The smallest absolute Gasteiger partial charge is 0.320 e. The highest BCUT2D eigenvalue weighted by molar-refractivity contribution is 7.72. The third-order valence-electron chi connectivity index (χ3n) is 1.74. The summed E-state index contributed by atoms with van der Waals surface area (Å²) in [4.78, 5) is 22.7. The zero-order valence-corrected chi connectivity index (χ0v) is 10.2. The summed E-state index contributed by atoms with van der Waals surface area (Å²) in [5.74, 6) is -2.86. The fraction of sp³-hybridized carbons (Fsp3) is 0.778. The van der Waals surface area contributed by atoms with Crippen LogP contribution in [0.5, 0.6) is 0 Å². The van der Waals surface area contributed by atoms with E-state index in [4.69, 9.17) is 0 Å². The van der Waals surface area contributed by atoms with Crippen molar-refractivity contribution >= 4 is 22.6 Å². The molecule has 0 fully saturated rings. The SMILES string of the molecule is CCOC(=O)C(CC[SH](=O)=O)C(=O)OCC. The molecule has 0 N–H and O–H groups in total. The maximum absolute atomic E-state index is 11.4. The van der Waals surface area contributed by atoms with E-state index in [0.717, 1.165) is 0 Å². The van der Waals surface area contributed by atoms with Crippen molar-refractivity contribution in [2.24, 2.45) is 5.92 Å². The van der Waals surface area contributed by atoms with Crippen LogP contribution in [0.15, 0.2) is 0 Å². The summed E-state index contributed by atoms with van der Waals surface area (Å²) in [5.41, 5.74) is 0. The first-order valence-electron chi connectivity index (χ1n) is 4.98. The predicted molar refractivity (Wildman–Crippen MR) is 56.6 cm³/mol. The monoisotopic (exact) mass is 252 g/mol. The molecule has 0 unspecified atom stereocenters. The van der Waals surface area contributed by atoms with E-state index >= 15 is 0 Å². The number of carbonyl (C=O) groups excluding carboxylic acids is 2. The molecule has 0 aliphatic heterocycles. The summed E-state index contributed by atoms with van der Waals surface area (Å²) in [5, 5.41) is 0. The Labute approximate surface area is 95.9 Å². The minimum atomic E-state index is -2.62. The lowest BCUT2D eigenvalue weighted by Gasteiger charge is -2.12. The van der Waals surface area contributed by atoms with Crippen molar-refractivity contribution in [3.63, 3.8) is 0 Å². The quantitative estimate of drug-likeness (QED) is 0.381. The topological polar surface area (TPSA) is 86.7 Å². The van der Waals surface area contributed by atoms with Crippen molar-refractivity contribution < 1.29 is 27.5 Å². The minimum absolute atomic E-state index is 0.101. The van der Waals surface area contributed by atoms with E-state index in [-0.39, 0.29) is 25.4 Å². The lowest BCUT2D eigenvalue weighted by atomic mass is 10.1. The summed E-state index contributed by atoms with van der Waals surface area (Å²) in [7, 11) is -2.62. The standard InChI is InChI=1S/C9H16O6S/c1-3-14-8(10)7(5-6-16(12)13)9(11)15-4-2/h7,16H,3-6H2,1-2H3. The Hall–Kier alpha value is -1.11. The van der Waals surface area contributed by atoms with Crippen molar-refractivity contribution in [3.8, 4) is 0 Å². The van der Waals surface area contributed by atoms with Crippen LogP contribution in [0.4, 0.5) is 0 Å². The summed E-state index contributed by atoms with van der Waals surface area (Å²) in [6, 6.07) is 0. The van der Waals surface area contributed by atoms with E-state index in [1.165, 1.54) is 0 Å². The van der Waals surface area contributed by atoms with Gasteiger partial charge in [-0.05, 0) is 20.3 Å². The molecule has 7 heteroatoms. The lowest BCUT2D eigenvalue weighted by molar-refractivity contribution is -0.161. The maximum Gasteiger partial charge on any atom is 0.320 e. The molecule has 0 aromatic carbocycles. The largest absolute Gasteiger partial charge is 0.465 e. The Kier molecular flexibility index (Phi) is 7.53. The van der Waals surface area contributed by atoms with Gasteiger partial charge in [0.1, 0.15) is 10.7 Å². The second-order valence-corrected chi connectivity index (χ2v) is 4.01. The van der Waals surface area contributed by atoms with Crippen LogP contribution in [-0.4, -0.2) is 39.3 Å². The van der Waals surface area contributed by atoms with Gasteiger partial charge in [0.15, 0.2) is 5.92 Å². The van der Waals surface area contributed by atoms with Crippen LogP contribution < -0.4 is 0 Å². The summed E-state index contributed by atoms with van der Waals surface area (Å²) < 4.78 is 30.1. The number of rotatable bonds is 7. The second kappa shape index (κ2) is 8.09. The van der Waals surface area contributed by atoms with Crippen molar-refractivity contribution in [2.45, 2.75) is 20.3 Å². The van der Waals surface area contributed by atoms with Gasteiger partial charge >= 0.3 is 11.9 Å². The van der Waals surface area contributed by atoms with Crippen molar-refractivity contribution in [2.75, 3.05) is 19.0 Å². The van der Waals surface area contributed by atoms with E-state index in [1.54, 1.807) is 13.8 Å². The molecular formula is C9H16O6S. The molecule has 6 nitrogen and oxygen atoms in total. The Bertz CT molecular complexity index is 283. The third kappa shape index (κ3) is 5.69. The first kappa shape index (κ1) is 14.9. The second-order valence-electron chi connectivity index (χ2n) is 2.90. The zero-order chi connectivity index (χ0) is 12.6. The van der Waals surface area contributed by atoms with Gasteiger partial charge in [0.05, 0.1) is 13.2 Å². The third-order valence-corrected chi connectivity index (χ3v) is 2.37. The summed E-state index contributed by atoms with van der Waals surface area (Å²) >= 11 is 0. The number of thiol groups is 1. The molecule has 0 heterocycles. The molecule has 0 aliphatic rings. The molecular weight excluding hydrogens is 236 g/mol. The molecule has 0 atom stereocenters. The molecule has 0 saturated carbocycles. The first-order valence-corrected chi connectivity index (χ1v) is 6.34. The normalized spacial score (nSPS) is 10.5.